The van der Waals surface area contributed by atoms with Gasteiger partial charge in [0.05, 0.1) is 6.04 Å². The predicted molar refractivity (Wildman–Crippen MR) is 67.4 cm³/mol. The molecule has 1 amide bonds. The largest absolute Gasteiger partial charge is 0.351 e. The summed E-state index contributed by atoms with van der Waals surface area (Å²) in [6.45, 7) is 3.35. The summed E-state index contributed by atoms with van der Waals surface area (Å²) in [5.41, 5.74) is 8.09. The van der Waals surface area contributed by atoms with E-state index in [1.165, 1.54) is 5.56 Å². The van der Waals surface area contributed by atoms with Crippen LogP contribution in [0.5, 0.6) is 0 Å². The van der Waals surface area contributed by atoms with Gasteiger partial charge < -0.3 is 16.4 Å². The second kappa shape index (κ2) is 5.29. The molecule has 1 saturated heterocycles. The van der Waals surface area contributed by atoms with E-state index < -0.39 is 0 Å². The maximum Gasteiger partial charge on any atom is 0.237 e. The van der Waals surface area contributed by atoms with Crippen LogP contribution >= 0.6 is 0 Å². The molecular weight excluding hydrogens is 214 g/mol. The maximum absolute atomic E-state index is 11.8. The number of rotatable bonds is 3. The number of aryl methyl sites for hydroxylation is 1. The smallest absolute Gasteiger partial charge is 0.237 e. The number of nitrogens with one attached hydrogen (secondary N) is 2. The van der Waals surface area contributed by atoms with Gasteiger partial charge in [0.15, 0.2) is 0 Å². The minimum atomic E-state index is -0.129. The van der Waals surface area contributed by atoms with Crippen LogP contribution in [-0.4, -0.2) is 24.5 Å². The molecule has 0 spiro atoms. The Morgan fingerprint density at radius 2 is 2.18 bits per heavy atom. The van der Waals surface area contributed by atoms with Gasteiger partial charge in [-0.1, -0.05) is 29.8 Å². The molecule has 2 atom stereocenters. The van der Waals surface area contributed by atoms with E-state index >= 15 is 0 Å². The molecule has 1 aromatic carbocycles. The van der Waals surface area contributed by atoms with E-state index in [2.05, 4.69) is 10.6 Å². The van der Waals surface area contributed by atoms with Crippen LogP contribution in [0.15, 0.2) is 24.3 Å². The molecule has 1 aliphatic heterocycles. The van der Waals surface area contributed by atoms with Gasteiger partial charge in [0, 0.05) is 19.1 Å². The summed E-state index contributed by atoms with van der Waals surface area (Å²) in [4.78, 5) is 11.8. The van der Waals surface area contributed by atoms with Crippen molar-refractivity contribution in [2.75, 3.05) is 6.54 Å². The number of hydrogen-bond acceptors (Lipinski definition) is 3. The zero-order valence-corrected chi connectivity index (χ0v) is 10.1. The van der Waals surface area contributed by atoms with Crippen LogP contribution in [0, 0.1) is 6.92 Å². The SMILES string of the molecule is Cc1ccc(CNC(=O)C2CC(N)CN2)cc1. The molecule has 0 radical (unpaired) electrons. The van der Waals surface area contributed by atoms with Crippen LogP contribution in [0.2, 0.25) is 0 Å². The van der Waals surface area contributed by atoms with Crippen LogP contribution in [0.3, 0.4) is 0 Å². The summed E-state index contributed by atoms with van der Waals surface area (Å²) in [5, 5.41) is 6.04. The zero-order valence-electron chi connectivity index (χ0n) is 10.1. The molecule has 0 bridgehead atoms. The average molecular weight is 233 g/mol. The molecule has 0 saturated carbocycles. The van der Waals surface area contributed by atoms with Gasteiger partial charge in [-0.2, -0.15) is 0 Å². The van der Waals surface area contributed by atoms with Crippen molar-refractivity contribution in [2.45, 2.75) is 32.0 Å². The molecule has 1 heterocycles. The number of benzene rings is 1. The molecule has 1 fully saturated rings. The molecule has 4 nitrogen and oxygen atoms in total. The van der Waals surface area contributed by atoms with Gasteiger partial charge in [-0.15, -0.1) is 0 Å². The fourth-order valence-electron chi connectivity index (χ4n) is 1.98. The molecule has 1 aliphatic rings. The Bertz CT molecular complexity index is 388. The van der Waals surface area contributed by atoms with Gasteiger partial charge >= 0.3 is 0 Å². The maximum atomic E-state index is 11.8. The lowest BCUT2D eigenvalue weighted by Crippen LogP contribution is -2.40. The van der Waals surface area contributed by atoms with Crippen LogP contribution < -0.4 is 16.4 Å². The third-order valence-corrected chi connectivity index (χ3v) is 3.07. The van der Waals surface area contributed by atoms with Crippen molar-refractivity contribution in [3.05, 3.63) is 35.4 Å². The summed E-state index contributed by atoms with van der Waals surface area (Å²) in [5.74, 6) is 0.0403. The summed E-state index contributed by atoms with van der Waals surface area (Å²) in [7, 11) is 0. The van der Waals surface area contributed by atoms with Crippen molar-refractivity contribution in [2.24, 2.45) is 5.73 Å². The highest BCUT2D eigenvalue weighted by Crippen LogP contribution is 2.06. The van der Waals surface area contributed by atoms with Crippen molar-refractivity contribution in [3.8, 4) is 0 Å². The fourth-order valence-corrected chi connectivity index (χ4v) is 1.98. The van der Waals surface area contributed by atoms with Gasteiger partial charge in [-0.3, -0.25) is 4.79 Å². The Labute approximate surface area is 102 Å². The summed E-state index contributed by atoms with van der Waals surface area (Å²) < 4.78 is 0. The molecule has 1 aromatic rings. The molecule has 4 N–H and O–H groups in total. The third kappa shape index (κ3) is 3.28. The molecule has 0 aliphatic carbocycles. The summed E-state index contributed by atoms with van der Waals surface area (Å²) in [6, 6.07) is 8.13. The monoisotopic (exact) mass is 233 g/mol. The normalized spacial score (nSPS) is 23.6. The standard InChI is InChI=1S/C13H19N3O/c1-9-2-4-10(5-3-9)7-16-13(17)12-6-11(14)8-15-12/h2-5,11-12,15H,6-8,14H2,1H3,(H,16,17). The Morgan fingerprint density at radius 3 is 2.76 bits per heavy atom. The number of amides is 1. The number of hydrogen-bond donors (Lipinski definition) is 3. The minimum absolute atomic E-state index is 0.0403. The first-order valence-electron chi connectivity index (χ1n) is 5.97. The number of carbonyl (C=O) groups excluding carboxylic acids is 1. The van der Waals surface area contributed by atoms with E-state index in [0.717, 1.165) is 18.5 Å². The minimum Gasteiger partial charge on any atom is -0.351 e. The van der Waals surface area contributed by atoms with Crippen LogP contribution in [-0.2, 0) is 11.3 Å². The zero-order chi connectivity index (χ0) is 12.3. The van der Waals surface area contributed by atoms with Gasteiger partial charge in [0.25, 0.3) is 0 Å². The second-order valence-electron chi connectivity index (χ2n) is 4.66. The Kier molecular flexibility index (Phi) is 3.76. The van der Waals surface area contributed by atoms with E-state index in [9.17, 15) is 4.79 Å². The lowest BCUT2D eigenvalue weighted by molar-refractivity contribution is -0.122. The molecule has 4 heteroatoms. The van der Waals surface area contributed by atoms with Crippen LogP contribution in [0.1, 0.15) is 17.5 Å². The Hall–Kier alpha value is -1.39. The lowest BCUT2D eigenvalue weighted by atomic mass is 10.1. The third-order valence-electron chi connectivity index (χ3n) is 3.07. The van der Waals surface area contributed by atoms with E-state index in [4.69, 9.17) is 5.73 Å². The lowest BCUT2D eigenvalue weighted by Gasteiger charge is -2.11. The summed E-state index contributed by atoms with van der Waals surface area (Å²) in [6.07, 6.45) is 0.722. The first-order valence-corrected chi connectivity index (χ1v) is 5.97. The van der Waals surface area contributed by atoms with Crippen LogP contribution in [0.4, 0.5) is 0 Å². The predicted octanol–water partition coefficient (Wildman–Crippen LogP) is 0.300. The number of nitrogens with two attached hydrogens (primary N) is 1. The van der Waals surface area contributed by atoms with Gasteiger partial charge in [0.1, 0.15) is 0 Å². The van der Waals surface area contributed by atoms with Crippen molar-refractivity contribution < 1.29 is 4.79 Å². The highest BCUT2D eigenvalue weighted by atomic mass is 16.2. The average Bonchev–Trinajstić information content (AvgIpc) is 2.75. The number of carbonyl (C=O) groups is 1. The van der Waals surface area contributed by atoms with Crippen molar-refractivity contribution in [1.29, 1.82) is 0 Å². The topological polar surface area (TPSA) is 67.2 Å². The first kappa shape index (κ1) is 12.1. The summed E-state index contributed by atoms with van der Waals surface area (Å²) >= 11 is 0. The molecule has 2 unspecified atom stereocenters. The Morgan fingerprint density at radius 1 is 1.47 bits per heavy atom. The highest BCUT2D eigenvalue weighted by Gasteiger charge is 2.26. The first-order chi connectivity index (χ1) is 8.15. The second-order valence-corrected chi connectivity index (χ2v) is 4.66. The molecule has 0 aromatic heterocycles. The van der Waals surface area contributed by atoms with Crippen molar-refractivity contribution in [3.63, 3.8) is 0 Å². The quantitative estimate of drug-likeness (QED) is 0.703. The van der Waals surface area contributed by atoms with E-state index in [1.54, 1.807) is 0 Å². The van der Waals surface area contributed by atoms with Crippen molar-refractivity contribution in [1.82, 2.24) is 10.6 Å². The van der Waals surface area contributed by atoms with Gasteiger partial charge in [-0.05, 0) is 18.9 Å². The molecule has 2 rings (SSSR count). The van der Waals surface area contributed by atoms with Crippen molar-refractivity contribution >= 4 is 5.91 Å². The fraction of sp³-hybridized carbons (Fsp3) is 0.462. The Balaban J connectivity index is 1.82. The van der Waals surface area contributed by atoms with Crippen LogP contribution in [0.25, 0.3) is 0 Å². The molecule has 17 heavy (non-hydrogen) atoms. The van der Waals surface area contributed by atoms with E-state index in [0.29, 0.717) is 6.54 Å². The highest BCUT2D eigenvalue weighted by molar-refractivity contribution is 5.82. The van der Waals surface area contributed by atoms with Gasteiger partial charge in [0.2, 0.25) is 5.91 Å². The van der Waals surface area contributed by atoms with E-state index in [-0.39, 0.29) is 18.0 Å². The molecular formula is C13H19N3O. The van der Waals surface area contributed by atoms with E-state index in [1.807, 2.05) is 31.2 Å². The van der Waals surface area contributed by atoms with Gasteiger partial charge in [-0.25, -0.2) is 0 Å². The molecule has 92 valence electrons.